The monoisotopic (exact) mass is 334 g/mol. The maximum absolute atomic E-state index is 11.9. The van der Waals surface area contributed by atoms with Gasteiger partial charge in [-0.25, -0.2) is 4.79 Å². The van der Waals surface area contributed by atoms with Crippen molar-refractivity contribution in [2.75, 3.05) is 19.6 Å². The van der Waals surface area contributed by atoms with Crippen LogP contribution < -0.4 is 16.0 Å². The maximum Gasteiger partial charge on any atom is 0.325 e. The SMILES string of the molecule is CCN[C@H](C)CNC(=O)CCCN1C(=O)NC(C)(C)C1=O.Cl. The quantitative estimate of drug-likeness (QED) is 0.568. The minimum absolute atomic E-state index is 0. The molecule has 4 amide bonds. The molecule has 0 aliphatic carbocycles. The number of rotatable bonds is 8. The van der Waals surface area contributed by atoms with Crippen LogP contribution in [-0.2, 0) is 9.59 Å². The van der Waals surface area contributed by atoms with Crippen molar-refractivity contribution in [3.05, 3.63) is 0 Å². The zero-order valence-electron chi connectivity index (χ0n) is 13.7. The van der Waals surface area contributed by atoms with E-state index in [1.165, 1.54) is 4.90 Å². The van der Waals surface area contributed by atoms with Crippen LogP contribution in [0.25, 0.3) is 0 Å². The molecule has 7 nitrogen and oxygen atoms in total. The molecule has 1 aliphatic heterocycles. The highest BCUT2D eigenvalue weighted by Crippen LogP contribution is 2.16. The Morgan fingerprint density at radius 3 is 2.50 bits per heavy atom. The standard InChI is InChI=1S/C14H26N4O3.ClH/c1-5-15-10(2)9-16-11(19)7-6-8-18-12(20)14(3,4)17-13(18)21;/h10,15H,5-9H2,1-4H3,(H,16,19)(H,17,21);1H/t10-;/m1./s1. The molecule has 1 fully saturated rings. The van der Waals surface area contributed by atoms with E-state index in [0.717, 1.165) is 6.54 Å². The van der Waals surface area contributed by atoms with Crippen molar-refractivity contribution in [2.24, 2.45) is 0 Å². The molecule has 1 saturated heterocycles. The summed E-state index contributed by atoms with van der Waals surface area (Å²) < 4.78 is 0. The topological polar surface area (TPSA) is 90.5 Å². The second-order valence-corrected chi connectivity index (χ2v) is 5.88. The summed E-state index contributed by atoms with van der Waals surface area (Å²) in [6.07, 6.45) is 0.771. The van der Waals surface area contributed by atoms with Gasteiger partial charge in [-0.05, 0) is 33.7 Å². The Hall–Kier alpha value is -1.34. The van der Waals surface area contributed by atoms with Gasteiger partial charge in [0, 0.05) is 25.6 Å². The van der Waals surface area contributed by atoms with E-state index < -0.39 is 5.54 Å². The summed E-state index contributed by atoms with van der Waals surface area (Å²) in [5, 5.41) is 8.64. The Morgan fingerprint density at radius 2 is 2.00 bits per heavy atom. The van der Waals surface area contributed by atoms with E-state index >= 15 is 0 Å². The van der Waals surface area contributed by atoms with Crippen molar-refractivity contribution in [2.45, 2.75) is 52.1 Å². The van der Waals surface area contributed by atoms with Crippen molar-refractivity contribution in [1.82, 2.24) is 20.9 Å². The molecule has 22 heavy (non-hydrogen) atoms. The van der Waals surface area contributed by atoms with Crippen LogP contribution >= 0.6 is 12.4 Å². The highest BCUT2D eigenvalue weighted by atomic mass is 35.5. The smallest absolute Gasteiger partial charge is 0.325 e. The number of halogens is 1. The molecule has 1 heterocycles. The van der Waals surface area contributed by atoms with Gasteiger partial charge in [0.25, 0.3) is 5.91 Å². The van der Waals surface area contributed by atoms with Crippen LogP contribution in [-0.4, -0.2) is 54.0 Å². The molecule has 3 N–H and O–H groups in total. The molecule has 0 saturated carbocycles. The number of amides is 4. The van der Waals surface area contributed by atoms with E-state index in [1.807, 2.05) is 13.8 Å². The third-order valence-electron chi connectivity index (χ3n) is 3.39. The fourth-order valence-electron chi connectivity index (χ4n) is 2.19. The first-order chi connectivity index (χ1) is 9.77. The van der Waals surface area contributed by atoms with Crippen molar-refractivity contribution in [3.63, 3.8) is 0 Å². The Kier molecular flexibility index (Phi) is 8.40. The second-order valence-electron chi connectivity index (χ2n) is 5.88. The van der Waals surface area contributed by atoms with Gasteiger partial charge in [0.15, 0.2) is 0 Å². The van der Waals surface area contributed by atoms with Crippen LogP contribution in [0.5, 0.6) is 0 Å². The van der Waals surface area contributed by atoms with Gasteiger partial charge in [0.05, 0.1) is 0 Å². The minimum atomic E-state index is -0.847. The van der Waals surface area contributed by atoms with Crippen LogP contribution in [0.4, 0.5) is 4.79 Å². The Morgan fingerprint density at radius 1 is 1.36 bits per heavy atom. The summed E-state index contributed by atoms with van der Waals surface area (Å²) in [5.74, 6) is -0.306. The largest absolute Gasteiger partial charge is 0.355 e. The van der Waals surface area contributed by atoms with E-state index in [4.69, 9.17) is 0 Å². The van der Waals surface area contributed by atoms with E-state index in [1.54, 1.807) is 13.8 Å². The number of imide groups is 1. The number of hydrogen-bond donors (Lipinski definition) is 3. The molecule has 0 bridgehead atoms. The number of urea groups is 1. The van der Waals surface area contributed by atoms with E-state index in [-0.39, 0.29) is 42.8 Å². The number of carbonyl (C=O) groups is 3. The Balaban J connectivity index is 0.00000441. The average Bonchev–Trinajstić information content (AvgIpc) is 2.58. The lowest BCUT2D eigenvalue weighted by Gasteiger charge is -2.16. The molecule has 0 aromatic carbocycles. The fourth-order valence-corrected chi connectivity index (χ4v) is 2.19. The summed E-state index contributed by atoms with van der Waals surface area (Å²) in [7, 11) is 0. The zero-order chi connectivity index (χ0) is 16.0. The van der Waals surface area contributed by atoms with E-state index in [0.29, 0.717) is 19.4 Å². The average molecular weight is 335 g/mol. The van der Waals surface area contributed by atoms with Crippen LogP contribution in [0, 0.1) is 0 Å². The van der Waals surface area contributed by atoms with Gasteiger partial charge >= 0.3 is 6.03 Å². The highest BCUT2D eigenvalue weighted by molar-refractivity contribution is 6.06. The van der Waals surface area contributed by atoms with Gasteiger partial charge in [0.2, 0.25) is 5.91 Å². The van der Waals surface area contributed by atoms with Crippen molar-refractivity contribution >= 4 is 30.3 Å². The lowest BCUT2D eigenvalue weighted by atomic mass is 10.1. The third kappa shape index (κ3) is 5.81. The van der Waals surface area contributed by atoms with Gasteiger partial charge < -0.3 is 16.0 Å². The fraction of sp³-hybridized carbons (Fsp3) is 0.786. The molecule has 0 aromatic rings. The Labute approximate surface area is 138 Å². The number of nitrogens with zero attached hydrogens (tertiary/aromatic N) is 1. The van der Waals surface area contributed by atoms with Gasteiger partial charge in [-0.15, -0.1) is 12.4 Å². The first-order valence-electron chi connectivity index (χ1n) is 7.42. The highest BCUT2D eigenvalue weighted by Gasteiger charge is 2.43. The van der Waals surface area contributed by atoms with Gasteiger partial charge in [-0.2, -0.15) is 0 Å². The summed E-state index contributed by atoms with van der Waals surface area (Å²) in [6, 6.07) is -0.156. The van der Waals surface area contributed by atoms with Crippen LogP contribution in [0.2, 0.25) is 0 Å². The number of likely N-dealkylation sites (N-methyl/N-ethyl adjacent to an activating group) is 1. The summed E-state index contributed by atoms with van der Waals surface area (Å²) in [5.41, 5.74) is -0.847. The molecular weight excluding hydrogens is 308 g/mol. The number of nitrogens with one attached hydrogen (secondary N) is 3. The summed E-state index contributed by atoms with van der Waals surface area (Å²) in [6.45, 7) is 9.05. The minimum Gasteiger partial charge on any atom is -0.355 e. The molecule has 0 unspecified atom stereocenters. The Bertz CT molecular complexity index is 415. The zero-order valence-corrected chi connectivity index (χ0v) is 14.5. The predicted octanol–water partition coefficient (Wildman–Crippen LogP) is 0.633. The van der Waals surface area contributed by atoms with E-state index in [9.17, 15) is 14.4 Å². The van der Waals surface area contributed by atoms with Gasteiger partial charge in [0.1, 0.15) is 5.54 Å². The molecule has 1 atom stereocenters. The van der Waals surface area contributed by atoms with Gasteiger partial charge in [-0.1, -0.05) is 6.92 Å². The summed E-state index contributed by atoms with van der Waals surface area (Å²) in [4.78, 5) is 36.4. The molecule has 0 spiro atoms. The molecule has 1 rings (SSSR count). The lowest BCUT2D eigenvalue weighted by molar-refractivity contribution is -0.130. The van der Waals surface area contributed by atoms with Crippen LogP contribution in [0.15, 0.2) is 0 Å². The third-order valence-corrected chi connectivity index (χ3v) is 3.39. The first-order valence-corrected chi connectivity index (χ1v) is 7.42. The van der Waals surface area contributed by atoms with Crippen LogP contribution in [0.1, 0.15) is 40.5 Å². The number of carbonyl (C=O) groups excluding carboxylic acids is 3. The lowest BCUT2D eigenvalue weighted by Crippen LogP contribution is -2.40. The second kappa shape index (κ2) is 8.95. The van der Waals surface area contributed by atoms with Crippen molar-refractivity contribution in [3.8, 4) is 0 Å². The molecule has 1 aliphatic rings. The molecule has 0 aromatic heterocycles. The number of hydrogen-bond acceptors (Lipinski definition) is 4. The van der Waals surface area contributed by atoms with Gasteiger partial charge in [-0.3, -0.25) is 14.5 Å². The van der Waals surface area contributed by atoms with Crippen molar-refractivity contribution in [1.29, 1.82) is 0 Å². The summed E-state index contributed by atoms with van der Waals surface area (Å²) >= 11 is 0. The molecule has 8 heteroatoms. The normalized spacial score (nSPS) is 17.7. The predicted molar refractivity (Wildman–Crippen MR) is 87.0 cm³/mol. The first kappa shape index (κ1) is 20.7. The molecule has 0 radical (unpaired) electrons. The molecular formula is C14H27ClN4O3. The van der Waals surface area contributed by atoms with E-state index in [2.05, 4.69) is 16.0 Å². The maximum atomic E-state index is 11.9. The molecule has 128 valence electrons. The van der Waals surface area contributed by atoms with Crippen molar-refractivity contribution < 1.29 is 14.4 Å². The van der Waals surface area contributed by atoms with Crippen LogP contribution in [0.3, 0.4) is 0 Å².